The number of ether oxygens (including phenoxy) is 3. The summed E-state index contributed by atoms with van der Waals surface area (Å²) in [6, 6.07) is 8.30. The molecule has 162 valence electrons. The molecule has 3 aromatic rings. The Morgan fingerprint density at radius 3 is 2.45 bits per heavy atom. The van der Waals surface area contributed by atoms with E-state index in [1.54, 1.807) is 30.3 Å². The standard InChI is InChI=1S/C20H16BrClN2O6S/c1-27-14-5-4-11(22)8-12(14)18-23-24-20(30-18)31-17(19(25)26)7-10-6-13(21)16(29-3)9-15(10)28-2/h4-9H,1-3H3,(H,25,26)/b17-7-. The van der Waals surface area contributed by atoms with Gasteiger partial charge in [-0.3, -0.25) is 0 Å². The SMILES string of the molecule is COc1cc(OC)c(/C=C(\Sc2nnc(-c3cc(Cl)ccc3OC)o2)C(=O)O)cc1Br. The zero-order chi connectivity index (χ0) is 22.5. The van der Waals surface area contributed by atoms with E-state index in [4.69, 9.17) is 30.2 Å². The highest BCUT2D eigenvalue weighted by Gasteiger charge is 2.19. The number of hydrogen-bond donors (Lipinski definition) is 1. The molecule has 1 heterocycles. The molecule has 0 aliphatic carbocycles. The number of halogens is 2. The van der Waals surface area contributed by atoms with Gasteiger partial charge in [-0.15, -0.1) is 10.2 Å². The largest absolute Gasteiger partial charge is 0.496 e. The Kier molecular flexibility index (Phi) is 7.47. The molecule has 0 spiro atoms. The van der Waals surface area contributed by atoms with Gasteiger partial charge in [-0.1, -0.05) is 11.6 Å². The predicted molar refractivity (Wildman–Crippen MR) is 120 cm³/mol. The molecule has 11 heteroatoms. The molecule has 1 aromatic heterocycles. The number of carboxylic acids is 1. The van der Waals surface area contributed by atoms with E-state index in [0.717, 1.165) is 11.8 Å². The van der Waals surface area contributed by atoms with Gasteiger partial charge in [0.15, 0.2) is 0 Å². The average Bonchev–Trinajstić information content (AvgIpc) is 3.21. The van der Waals surface area contributed by atoms with E-state index in [2.05, 4.69) is 26.1 Å². The minimum atomic E-state index is -1.17. The Bertz CT molecular complexity index is 1150. The van der Waals surface area contributed by atoms with Gasteiger partial charge in [-0.25, -0.2) is 4.79 Å². The molecule has 0 saturated carbocycles. The van der Waals surface area contributed by atoms with Crippen molar-refractivity contribution in [2.45, 2.75) is 5.22 Å². The lowest BCUT2D eigenvalue weighted by Crippen LogP contribution is -1.98. The summed E-state index contributed by atoms with van der Waals surface area (Å²) < 4.78 is 22.2. The van der Waals surface area contributed by atoms with E-state index in [1.165, 1.54) is 27.4 Å². The lowest BCUT2D eigenvalue weighted by atomic mass is 10.1. The van der Waals surface area contributed by atoms with Crippen molar-refractivity contribution in [3.05, 3.63) is 50.3 Å². The Balaban J connectivity index is 1.95. The fourth-order valence-corrected chi connectivity index (χ4v) is 3.93. The summed E-state index contributed by atoms with van der Waals surface area (Å²) in [5, 5.41) is 18.1. The van der Waals surface area contributed by atoms with Gasteiger partial charge in [0, 0.05) is 16.7 Å². The predicted octanol–water partition coefficient (Wildman–Crippen LogP) is 5.40. The topological polar surface area (TPSA) is 104 Å². The van der Waals surface area contributed by atoms with Crippen molar-refractivity contribution >= 4 is 51.3 Å². The number of aromatic nitrogens is 2. The van der Waals surface area contributed by atoms with Crippen molar-refractivity contribution < 1.29 is 28.5 Å². The summed E-state index contributed by atoms with van der Waals surface area (Å²) in [6.07, 6.45) is 1.44. The van der Waals surface area contributed by atoms with Crippen LogP contribution in [-0.4, -0.2) is 42.6 Å². The number of carbonyl (C=O) groups is 1. The number of methoxy groups -OCH3 is 3. The molecule has 0 bridgehead atoms. The van der Waals surface area contributed by atoms with Crippen LogP contribution in [0, 0.1) is 0 Å². The smallest absolute Gasteiger partial charge is 0.342 e. The molecular weight excluding hydrogens is 512 g/mol. The van der Waals surface area contributed by atoms with Gasteiger partial charge in [-0.2, -0.15) is 0 Å². The van der Waals surface area contributed by atoms with Crippen molar-refractivity contribution in [2.75, 3.05) is 21.3 Å². The number of nitrogens with zero attached hydrogens (tertiary/aromatic N) is 2. The highest BCUT2D eigenvalue weighted by molar-refractivity contribution is 9.10. The molecule has 2 aromatic carbocycles. The van der Waals surface area contributed by atoms with Gasteiger partial charge in [0.05, 0.1) is 31.4 Å². The molecule has 0 saturated heterocycles. The van der Waals surface area contributed by atoms with Gasteiger partial charge in [0.2, 0.25) is 0 Å². The third kappa shape index (κ3) is 5.33. The monoisotopic (exact) mass is 526 g/mol. The van der Waals surface area contributed by atoms with Gasteiger partial charge < -0.3 is 23.7 Å². The fraction of sp³-hybridized carbons (Fsp3) is 0.150. The quantitative estimate of drug-likeness (QED) is 0.305. The van der Waals surface area contributed by atoms with Crippen LogP contribution < -0.4 is 14.2 Å². The summed E-state index contributed by atoms with van der Waals surface area (Å²) in [6.45, 7) is 0. The molecule has 0 atom stereocenters. The van der Waals surface area contributed by atoms with Crippen LogP contribution in [0.1, 0.15) is 5.56 Å². The number of hydrogen-bond acceptors (Lipinski definition) is 8. The van der Waals surface area contributed by atoms with Crippen molar-refractivity contribution in [3.8, 4) is 28.7 Å². The van der Waals surface area contributed by atoms with E-state index in [1.807, 2.05) is 0 Å². The van der Waals surface area contributed by atoms with Crippen LogP contribution in [0.15, 0.2) is 49.3 Å². The molecule has 0 aliphatic rings. The van der Waals surface area contributed by atoms with Crippen molar-refractivity contribution in [1.29, 1.82) is 0 Å². The fourth-order valence-electron chi connectivity index (χ4n) is 2.57. The number of benzene rings is 2. The van der Waals surface area contributed by atoms with Crippen molar-refractivity contribution in [2.24, 2.45) is 0 Å². The lowest BCUT2D eigenvalue weighted by Gasteiger charge is -2.10. The summed E-state index contributed by atoms with van der Waals surface area (Å²) in [7, 11) is 4.51. The summed E-state index contributed by atoms with van der Waals surface area (Å²) in [5.74, 6) is 0.465. The molecule has 0 fully saturated rings. The maximum Gasteiger partial charge on any atom is 0.342 e. The van der Waals surface area contributed by atoms with Gasteiger partial charge in [-0.05, 0) is 58.0 Å². The second-order valence-electron chi connectivity index (χ2n) is 5.86. The zero-order valence-corrected chi connectivity index (χ0v) is 19.7. The summed E-state index contributed by atoms with van der Waals surface area (Å²) >= 11 is 10.2. The van der Waals surface area contributed by atoms with Crippen molar-refractivity contribution in [1.82, 2.24) is 10.2 Å². The Labute approximate surface area is 195 Å². The number of thioether (sulfide) groups is 1. The first-order valence-electron chi connectivity index (χ1n) is 8.58. The third-order valence-electron chi connectivity index (χ3n) is 4.00. The summed E-state index contributed by atoms with van der Waals surface area (Å²) in [4.78, 5) is 11.8. The first kappa shape index (κ1) is 23.0. The molecule has 0 aliphatic heterocycles. The molecule has 1 N–H and O–H groups in total. The Morgan fingerprint density at radius 2 is 1.81 bits per heavy atom. The lowest BCUT2D eigenvalue weighted by molar-refractivity contribution is -0.131. The van der Waals surface area contributed by atoms with Crippen LogP contribution in [0.2, 0.25) is 5.02 Å². The molecule has 0 unspecified atom stereocenters. The van der Waals surface area contributed by atoms with Crippen LogP contribution >= 0.6 is 39.3 Å². The van der Waals surface area contributed by atoms with Crippen LogP contribution in [0.4, 0.5) is 0 Å². The second-order valence-corrected chi connectivity index (χ2v) is 8.15. The van der Waals surface area contributed by atoms with Gasteiger partial charge in [0.1, 0.15) is 22.2 Å². The molecule has 3 rings (SSSR count). The second kappa shape index (κ2) is 10.1. The van der Waals surface area contributed by atoms with Gasteiger partial charge in [0.25, 0.3) is 11.1 Å². The normalized spacial score (nSPS) is 11.3. The average molecular weight is 528 g/mol. The number of rotatable bonds is 8. The molecule has 8 nitrogen and oxygen atoms in total. The van der Waals surface area contributed by atoms with E-state index in [9.17, 15) is 9.90 Å². The minimum Gasteiger partial charge on any atom is -0.496 e. The molecule has 0 radical (unpaired) electrons. The minimum absolute atomic E-state index is 0.0391. The number of carboxylic acid groups (broad SMARTS) is 1. The number of aliphatic carboxylic acids is 1. The van der Waals surface area contributed by atoms with Crippen LogP contribution in [0.25, 0.3) is 17.5 Å². The van der Waals surface area contributed by atoms with Gasteiger partial charge >= 0.3 is 5.97 Å². The maximum absolute atomic E-state index is 11.8. The van der Waals surface area contributed by atoms with E-state index in [0.29, 0.717) is 37.9 Å². The van der Waals surface area contributed by atoms with E-state index in [-0.39, 0.29) is 16.0 Å². The first-order chi connectivity index (χ1) is 14.9. The van der Waals surface area contributed by atoms with E-state index >= 15 is 0 Å². The molecule has 31 heavy (non-hydrogen) atoms. The van der Waals surface area contributed by atoms with Crippen LogP contribution in [0.3, 0.4) is 0 Å². The molecular formula is C20H16BrClN2O6S. The third-order valence-corrected chi connectivity index (χ3v) is 5.70. The van der Waals surface area contributed by atoms with E-state index < -0.39 is 5.97 Å². The summed E-state index contributed by atoms with van der Waals surface area (Å²) in [5.41, 5.74) is 1.02. The molecule has 0 amide bonds. The maximum atomic E-state index is 11.8. The highest BCUT2D eigenvalue weighted by Crippen LogP contribution is 2.37. The highest BCUT2D eigenvalue weighted by atomic mass is 79.9. The zero-order valence-electron chi connectivity index (χ0n) is 16.5. The Hall–Kier alpha value is -2.69. The van der Waals surface area contributed by atoms with Crippen LogP contribution in [-0.2, 0) is 4.79 Å². The van der Waals surface area contributed by atoms with Crippen molar-refractivity contribution in [3.63, 3.8) is 0 Å². The Morgan fingerprint density at radius 1 is 1.10 bits per heavy atom. The van der Waals surface area contributed by atoms with Crippen LogP contribution in [0.5, 0.6) is 17.2 Å². The first-order valence-corrected chi connectivity index (χ1v) is 10.6.